The first-order valence-corrected chi connectivity index (χ1v) is 8.02. The summed E-state index contributed by atoms with van der Waals surface area (Å²) in [6, 6.07) is 0. The second-order valence-corrected chi connectivity index (χ2v) is 7.16. The van der Waals surface area contributed by atoms with Crippen molar-refractivity contribution in [3.8, 4) is 0 Å². The highest BCUT2D eigenvalue weighted by Gasteiger charge is 2.14. The van der Waals surface area contributed by atoms with Crippen LogP contribution in [0.1, 0.15) is 23.4 Å². The maximum Gasteiger partial charge on any atom is 0.220 e. The zero-order valence-electron chi connectivity index (χ0n) is 12.4. The highest BCUT2D eigenvalue weighted by molar-refractivity contribution is 7.89. The smallest absolute Gasteiger partial charge is 0.220 e. The average molecular weight is 302 g/mol. The van der Waals surface area contributed by atoms with Crippen LogP contribution in [0.4, 0.5) is 0 Å². The molecule has 0 saturated carbocycles. The molecule has 1 aromatic heterocycles. The number of carbonyl (C=O) groups is 1. The van der Waals surface area contributed by atoms with Crippen LogP contribution in [0.15, 0.2) is 0 Å². The molecule has 0 atom stereocenters. The SMILES string of the molecule is Cc1n[nH]c(C)c1CCC(=O)NCCS(=O)(=O)N(C)C. The first kappa shape index (κ1) is 16.6. The Bertz CT molecular complexity index is 544. The molecule has 0 saturated heterocycles. The number of rotatable bonds is 7. The van der Waals surface area contributed by atoms with E-state index in [0.717, 1.165) is 21.3 Å². The van der Waals surface area contributed by atoms with Crippen LogP contribution in [-0.4, -0.2) is 55.2 Å². The number of H-pyrrole nitrogens is 1. The van der Waals surface area contributed by atoms with Crippen LogP contribution in [0.5, 0.6) is 0 Å². The van der Waals surface area contributed by atoms with E-state index in [9.17, 15) is 13.2 Å². The molecule has 1 heterocycles. The van der Waals surface area contributed by atoms with Gasteiger partial charge in [0.15, 0.2) is 0 Å². The first-order chi connectivity index (χ1) is 9.24. The van der Waals surface area contributed by atoms with Gasteiger partial charge in [-0.25, -0.2) is 12.7 Å². The number of aryl methyl sites for hydroxylation is 2. The molecule has 1 amide bonds. The number of aromatic nitrogens is 2. The fraction of sp³-hybridized carbons (Fsp3) is 0.667. The molecule has 0 radical (unpaired) electrons. The number of amides is 1. The van der Waals surface area contributed by atoms with Gasteiger partial charge in [0.2, 0.25) is 15.9 Å². The van der Waals surface area contributed by atoms with Crippen molar-refractivity contribution in [3.63, 3.8) is 0 Å². The van der Waals surface area contributed by atoms with Crippen molar-refractivity contribution in [2.24, 2.45) is 0 Å². The maximum atomic E-state index is 11.7. The molecule has 8 heteroatoms. The van der Waals surface area contributed by atoms with Crippen LogP contribution in [0, 0.1) is 13.8 Å². The minimum absolute atomic E-state index is 0.0878. The summed E-state index contributed by atoms with van der Waals surface area (Å²) in [5, 5.41) is 9.56. The number of sulfonamides is 1. The van der Waals surface area contributed by atoms with Crippen LogP contribution < -0.4 is 5.32 Å². The minimum atomic E-state index is -3.26. The molecule has 2 N–H and O–H groups in total. The molecule has 0 bridgehead atoms. The second kappa shape index (κ2) is 6.85. The highest BCUT2D eigenvalue weighted by Crippen LogP contribution is 2.11. The lowest BCUT2D eigenvalue weighted by Crippen LogP contribution is -2.34. The van der Waals surface area contributed by atoms with Gasteiger partial charge in [0.05, 0.1) is 11.4 Å². The van der Waals surface area contributed by atoms with E-state index >= 15 is 0 Å². The summed E-state index contributed by atoms with van der Waals surface area (Å²) >= 11 is 0. The summed E-state index contributed by atoms with van der Waals surface area (Å²) < 4.78 is 24.2. The monoisotopic (exact) mass is 302 g/mol. The second-order valence-electron chi connectivity index (χ2n) is 4.86. The lowest BCUT2D eigenvalue weighted by molar-refractivity contribution is -0.120. The van der Waals surface area contributed by atoms with Gasteiger partial charge in [0.25, 0.3) is 0 Å². The summed E-state index contributed by atoms with van der Waals surface area (Å²) in [5.74, 6) is -0.242. The first-order valence-electron chi connectivity index (χ1n) is 6.41. The van der Waals surface area contributed by atoms with E-state index in [1.54, 1.807) is 0 Å². The van der Waals surface area contributed by atoms with Crippen LogP contribution in [0.2, 0.25) is 0 Å². The Morgan fingerprint density at radius 2 is 2.00 bits per heavy atom. The summed E-state index contributed by atoms with van der Waals surface area (Å²) in [4.78, 5) is 11.7. The molecule has 20 heavy (non-hydrogen) atoms. The van der Waals surface area contributed by atoms with Gasteiger partial charge in [-0.1, -0.05) is 0 Å². The molecule has 0 aliphatic rings. The molecule has 0 fully saturated rings. The van der Waals surface area contributed by atoms with Crippen molar-refractivity contribution in [1.29, 1.82) is 0 Å². The third kappa shape index (κ3) is 4.61. The third-order valence-electron chi connectivity index (χ3n) is 3.12. The van der Waals surface area contributed by atoms with Crippen molar-refractivity contribution < 1.29 is 13.2 Å². The number of hydrogen-bond donors (Lipinski definition) is 2. The maximum absolute atomic E-state index is 11.7. The molecule has 0 aliphatic carbocycles. The number of nitrogens with one attached hydrogen (secondary N) is 2. The van der Waals surface area contributed by atoms with Gasteiger partial charge >= 0.3 is 0 Å². The predicted molar refractivity (Wildman–Crippen MR) is 76.9 cm³/mol. The van der Waals surface area contributed by atoms with Gasteiger partial charge in [-0.05, 0) is 25.8 Å². The Hall–Kier alpha value is -1.41. The van der Waals surface area contributed by atoms with Crippen LogP contribution in [0.3, 0.4) is 0 Å². The van der Waals surface area contributed by atoms with E-state index in [1.165, 1.54) is 14.1 Å². The molecule has 0 spiro atoms. The molecular weight excluding hydrogens is 280 g/mol. The number of carbonyl (C=O) groups excluding carboxylic acids is 1. The van der Waals surface area contributed by atoms with Crippen molar-refractivity contribution in [2.75, 3.05) is 26.4 Å². The quantitative estimate of drug-likeness (QED) is 0.739. The van der Waals surface area contributed by atoms with E-state index < -0.39 is 10.0 Å². The molecule has 0 unspecified atom stereocenters. The lowest BCUT2D eigenvalue weighted by Gasteiger charge is -2.11. The predicted octanol–water partition coefficient (Wildman–Crippen LogP) is -0.0333. The van der Waals surface area contributed by atoms with Gasteiger partial charge in [-0.2, -0.15) is 5.10 Å². The minimum Gasteiger partial charge on any atom is -0.355 e. The molecule has 7 nitrogen and oxygen atoms in total. The zero-order chi connectivity index (χ0) is 15.3. The van der Waals surface area contributed by atoms with Gasteiger partial charge in [-0.15, -0.1) is 0 Å². The van der Waals surface area contributed by atoms with Crippen LogP contribution in [0.25, 0.3) is 0 Å². The zero-order valence-corrected chi connectivity index (χ0v) is 13.2. The number of hydrogen-bond acceptors (Lipinski definition) is 4. The van der Waals surface area contributed by atoms with Crippen molar-refractivity contribution in [1.82, 2.24) is 19.8 Å². The highest BCUT2D eigenvalue weighted by atomic mass is 32.2. The third-order valence-corrected chi connectivity index (χ3v) is 4.95. The van der Waals surface area contributed by atoms with Crippen molar-refractivity contribution in [3.05, 3.63) is 17.0 Å². The molecule has 1 rings (SSSR count). The fourth-order valence-corrected chi connectivity index (χ4v) is 2.50. The van der Waals surface area contributed by atoms with E-state index in [2.05, 4.69) is 15.5 Å². The van der Waals surface area contributed by atoms with E-state index in [0.29, 0.717) is 12.8 Å². The topological polar surface area (TPSA) is 95.2 Å². The fourth-order valence-electron chi connectivity index (χ4n) is 1.77. The Morgan fingerprint density at radius 3 is 2.50 bits per heavy atom. The molecule has 1 aromatic rings. The van der Waals surface area contributed by atoms with Gasteiger partial charge in [-0.3, -0.25) is 9.89 Å². The molecular formula is C12H22N4O3S. The summed E-state index contributed by atoms with van der Waals surface area (Å²) in [5.41, 5.74) is 2.90. The molecule has 114 valence electrons. The molecule has 0 aliphatic heterocycles. The lowest BCUT2D eigenvalue weighted by atomic mass is 10.1. The van der Waals surface area contributed by atoms with Crippen LogP contribution in [-0.2, 0) is 21.2 Å². The Kier molecular flexibility index (Phi) is 5.70. The van der Waals surface area contributed by atoms with Gasteiger partial charge in [0, 0.05) is 32.8 Å². The van der Waals surface area contributed by atoms with E-state index in [4.69, 9.17) is 0 Å². The van der Waals surface area contributed by atoms with Crippen LogP contribution >= 0.6 is 0 Å². The average Bonchev–Trinajstić information content (AvgIpc) is 2.66. The molecule has 0 aromatic carbocycles. The van der Waals surface area contributed by atoms with Crippen molar-refractivity contribution >= 4 is 15.9 Å². The van der Waals surface area contributed by atoms with Gasteiger partial charge < -0.3 is 5.32 Å². The summed E-state index contributed by atoms with van der Waals surface area (Å²) in [6.07, 6.45) is 0.920. The van der Waals surface area contributed by atoms with E-state index in [-0.39, 0.29) is 18.2 Å². The largest absolute Gasteiger partial charge is 0.355 e. The Balaban J connectivity index is 2.35. The number of nitrogens with zero attached hydrogens (tertiary/aromatic N) is 2. The van der Waals surface area contributed by atoms with Gasteiger partial charge in [0.1, 0.15) is 0 Å². The van der Waals surface area contributed by atoms with E-state index in [1.807, 2.05) is 13.8 Å². The summed E-state index contributed by atoms with van der Waals surface area (Å²) in [6.45, 7) is 3.93. The van der Waals surface area contributed by atoms with Crippen molar-refractivity contribution in [2.45, 2.75) is 26.7 Å². The Morgan fingerprint density at radius 1 is 1.35 bits per heavy atom. The summed E-state index contributed by atoms with van der Waals surface area (Å²) in [7, 11) is -0.314. The normalized spacial score (nSPS) is 11.8. The Labute approximate surface area is 119 Å². The number of aromatic amines is 1. The standard InChI is InChI=1S/C12H22N4O3S/c1-9-11(10(2)15-14-9)5-6-12(17)13-7-8-20(18,19)16(3)4/h5-8H2,1-4H3,(H,13,17)(H,14,15).